The van der Waals surface area contributed by atoms with Gasteiger partial charge in [0.2, 0.25) is 5.91 Å². The molecule has 1 fully saturated rings. The van der Waals surface area contributed by atoms with Crippen molar-refractivity contribution in [2.75, 3.05) is 18.9 Å². The molecule has 2 atom stereocenters. The van der Waals surface area contributed by atoms with Crippen LogP contribution in [0.4, 0.5) is 4.39 Å². The molecule has 1 aliphatic heterocycles. The largest absolute Gasteiger partial charge is 0.375 e. The van der Waals surface area contributed by atoms with Gasteiger partial charge in [-0.2, -0.15) is 0 Å². The lowest BCUT2D eigenvalue weighted by Crippen LogP contribution is -2.50. The fourth-order valence-electron chi connectivity index (χ4n) is 2.01. The predicted octanol–water partition coefficient (Wildman–Crippen LogP) is 2.55. The molecule has 0 N–H and O–H groups in total. The molecule has 104 valence electrons. The minimum Gasteiger partial charge on any atom is -0.375 e. The molecule has 0 saturated carbocycles. The molecule has 2 rings (SSSR count). The Kier molecular flexibility index (Phi) is 4.82. The minimum atomic E-state index is -0.258. The highest BCUT2D eigenvalue weighted by molar-refractivity contribution is 8.00. The van der Waals surface area contributed by atoms with Gasteiger partial charge < -0.3 is 9.64 Å². The number of ether oxygens (including phenoxy) is 1. The number of carbonyl (C=O) groups excluding carboxylic acids is 1. The average molecular weight is 283 g/mol. The van der Waals surface area contributed by atoms with Crippen molar-refractivity contribution >= 4 is 17.7 Å². The van der Waals surface area contributed by atoms with Crippen LogP contribution in [-0.2, 0) is 9.53 Å². The first kappa shape index (κ1) is 14.3. The van der Waals surface area contributed by atoms with E-state index in [0.717, 1.165) is 4.90 Å². The predicted molar refractivity (Wildman–Crippen MR) is 73.7 cm³/mol. The average Bonchev–Trinajstić information content (AvgIpc) is 2.40. The molecule has 1 amide bonds. The van der Waals surface area contributed by atoms with Crippen LogP contribution < -0.4 is 0 Å². The zero-order valence-electron chi connectivity index (χ0n) is 11.1. The molecular weight excluding hydrogens is 265 g/mol. The fourth-order valence-corrected chi connectivity index (χ4v) is 2.79. The van der Waals surface area contributed by atoms with Crippen molar-refractivity contribution in [3.8, 4) is 0 Å². The maximum Gasteiger partial charge on any atom is 0.233 e. The normalized spacial score (nSPS) is 23.4. The molecule has 1 heterocycles. The van der Waals surface area contributed by atoms with E-state index >= 15 is 0 Å². The summed E-state index contributed by atoms with van der Waals surface area (Å²) >= 11 is 1.44. The number of morpholine rings is 1. The highest BCUT2D eigenvalue weighted by Crippen LogP contribution is 2.20. The van der Waals surface area contributed by atoms with Crippen LogP contribution in [0.25, 0.3) is 0 Å². The first-order valence-corrected chi connectivity index (χ1v) is 7.34. The van der Waals surface area contributed by atoms with E-state index in [2.05, 4.69) is 0 Å². The smallest absolute Gasteiger partial charge is 0.233 e. The summed E-state index contributed by atoms with van der Waals surface area (Å²) in [6.45, 7) is 5.20. The van der Waals surface area contributed by atoms with Crippen molar-refractivity contribution in [1.82, 2.24) is 4.90 Å². The van der Waals surface area contributed by atoms with Crippen molar-refractivity contribution in [2.45, 2.75) is 30.9 Å². The van der Waals surface area contributed by atoms with Gasteiger partial charge in [-0.05, 0) is 38.1 Å². The van der Waals surface area contributed by atoms with Gasteiger partial charge in [-0.1, -0.05) is 0 Å². The highest BCUT2D eigenvalue weighted by Gasteiger charge is 2.27. The molecule has 0 radical (unpaired) electrons. The van der Waals surface area contributed by atoms with Crippen molar-refractivity contribution in [2.24, 2.45) is 0 Å². The monoisotopic (exact) mass is 283 g/mol. The standard InChI is InChI=1S/C14H18FNO2S/c1-10-8-18-11(2)7-16(10)14(17)9-19-13-5-3-12(15)4-6-13/h3-6,10-11H,7-9H2,1-2H3. The summed E-state index contributed by atoms with van der Waals surface area (Å²) in [6, 6.07) is 6.33. The number of hydrogen-bond acceptors (Lipinski definition) is 3. The third-order valence-electron chi connectivity index (χ3n) is 3.10. The van der Waals surface area contributed by atoms with Crippen LogP contribution in [0.2, 0.25) is 0 Å². The van der Waals surface area contributed by atoms with Gasteiger partial charge in [-0.25, -0.2) is 4.39 Å². The molecule has 1 aromatic rings. The summed E-state index contributed by atoms with van der Waals surface area (Å²) in [5.74, 6) is 0.228. The Balaban J connectivity index is 1.88. The lowest BCUT2D eigenvalue weighted by atomic mass is 10.2. The van der Waals surface area contributed by atoms with E-state index in [9.17, 15) is 9.18 Å². The number of amides is 1. The maximum absolute atomic E-state index is 12.8. The number of benzene rings is 1. The van der Waals surface area contributed by atoms with Gasteiger partial charge >= 0.3 is 0 Å². The van der Waals surface area contributed by atoms with Gasteiger partial charge in [-0.15, -0.1) is 11.8 Å². The number of hydrogen-bond donors (Lipinski definition) is 0. The summed E-state index contributed by atoms with van der Waals surface area (Å²) in [5, 5.41) is 0. The number of nitrogens with zero attached hydrogens (tertiary/aromatic N) is 1. The lowest BCUT2D eigenvalue weighted by molar-refractivity contribution is -0.140. The molecule has 0 aliphatic carbocycles. The Morgan fingerprint density at radius 3 is 2.79 bits per heavy atom. The van der Waals surface area contributed by atoms with Gasteiger partial charge in [0.15, 0.2) is 0 Å². The molecule has 2 unspecified atom stereocenters. The zero-order valence-corrected chi connectivity index (χ0v) is 12.0. The molecule has 5 heteroatoms. The SMILES string of the molecule is CC1CN(C(=O)CSc2ccc(F)cc2)C(C)CO1. The van der Waals surface area contributed by atoms with Crippen LogP contribution in [0.5, 0.6) is 0 Å². The van der Waals surface area contributed by atoms with Gasteiger partial charge in [0.05, 0.1) is 24.5 Å². The Morgan fingerprint density at radius 1 is 1.42 bits per heavy atom. The Morgan fingerprint density at radius 2 is 2.11 bits per heavy atom. The topological polar surface area (TPSA) is 29.5 Å². The second kappa shape index (κ2) is 6.39. The Labute approximate surface area is 117 Å². The Hall–Kier alpha value is -1.07. The number of rotatable bonds is 3. The highest BCUT2D eigenvalue weighted by atomic mass is 32.2. The second-order valence-electron chi connectivity index (χ2n) is 4.78. The minimum absolute atomic E-state index is 0.0935. The molecule has 1 aliphatic rings. The molecule has 3 nitrogen and oxygen atoms in total. The molecular formula is C14H18FNO2S. The lowest BCUT2D eigenvalue weighted by Gasteiger charge is -2.36. The number of thioether (sulfide) groups is 1. The summed E-state index contributed by atoms with van der Waals surface area (Å²) in [5.41, 5.74) is 0. The summed E-state index contributed by atoms with van der Waals surface area (Å²) < 4.78 is 18.3. The quantitative estimate of drug-likeness (QED) is 0.799. The van der Waals surface area contributed by atoms with E-state index in [1.54, 1.807) is 12.1 Å². The van der Waals surface area contributed by atoms with E-state index in [4.69, 9.17) is 4.74 Å². The van der Waals surface area contributed by atoms with Gasteiger partial charge in [0.1, 0.15) is 5.82 Å². The van der Waals surface area contributed by atoms with Crippen molar-refractivity contribution in [3.63, 3.8) is 0 Å². The van der Waals surface area contributed by atoms with Crippen molar-refractivity contribution in [3.05, 3.63) is 30.1 Å². The molecule has 0 bridgehead atoms. The first-order valence-electron chi connectivity index (χ1n) is 6.35. The maximum atomic E-state index is 12.8. The molecule has 0 aromatic heterocycles. The number of halogens is 1. The number of carbonyl (C=O) groups is 1. The van der Waals surface area contributed by atoms with Crippen LogP contribution in [0, 0.1) is 5.82 Å². The summed E-state index contributed by atoms with van der Waals surface area (Å²) in [6.07, 6.45) is 0.0935. The third kappa shape index (κ3) is 3.94. The van der Waals surface area contributed by atoms with Crippen molar-refractivity contribution in [1.29, 1.82) is 0 Å². The van der Waals surface area contributed by atoms with Crippen LogP contribution in [-0.4, -0.2) is 41.9 Å². The van der Waals surface area contributed by atoms with Crippen LogP contribution in [0.1, 0.15) is 13.8 Å². The third-order valence-corrected chi connectivity index (χ3v) is 4.10. The van der Waals surface area contributed by atoms with Crippen LogP contribution >= 0.6 is 11.8 Å². The molecule has 1 aromatic carbocycles. The van der Waals surface area contributed by atoms with E-state index in [1.165, 1.54) is 23.9 Å². The van der Waals surface area contributed by atoms with E-state index in [-0.39, 0.29) is 23.9 Å². The molecule has 1 saturated heterocycles. The zero-order chi connectivity index (χ0) is 13.8. The van der Waals surface area contributed by atoms with E-state index in [1.807, 2.05) is 18.7 Å². The summed E-state index contributed by atoms with van der Waals surface area (Å²) in [7, 11) is 0. The van der Waals surface area contributed by atoms with Gasteiger partial charge in [-0.3, -0.25) is 4.79 Å². The van der Waals surface area contributed by atoms with E-state index < -0.39 is 0 Å². The van der Waals surface area contributed by atoms with Crippen molar-refractivity contribution < 1.29 is 13.9 Å². The molecule has 0 spiro atoms. The van der Waals surface area contributed by atoms with Gasteiger partial charge in [0.25, 0.3) is 0 Å². The molecule has 19 heavy (non-hydrogen) atoms. The van der Waals surface area contributed by atoms with Crippen LogP contribution in [0.3, 0.4) is 0 Å². The Bertz CT molecular complexity index is 438. The first-order chi connectivity index (χ1) is 9.06. The van der Waals surface area contributed by atoms with Gasteiger partial charge in [0, 0.05) is 11.4 Å². The van der Waals surface area contributed by atoms with E-state index in [0.29, 0.717) is 18.9 Å². The van der Waals surface area contributed by atoms with Crippen LogP contribution in [0.15, 0.2) is 29.2 Å². The summed E-state index contributed by atoms with van der Waals surface area (Å²) in [4.78, 5) is 14.9. The second-order valence-corrected chi connectivity index (χ2v) is 5.83. The fraction of sp³-hybridized carbons (Fsp3) is 0.500.